The van der Waals surface area contributed by atoms with Crippen LogP contribution in [0.4, 0.5) is 8.78 Å². The Morgan fingerprint density at radius 2 is 0.708 bits per heavy atom. The van der Waals surface area contributed by atoms with Gasteiger partial charge in [-0.15, -0.1) is 0 Å². The highest BCUT2D eigenvalue weighted by Crippen LogP contribution is 2.47. The SMILES string of the molecule is FC1c2cc3ccccc3cc2C(F)c2cc3ccccc3cc21. The molecule has 0 heterocycles. The summed E-state index contributed by atoms with van der Waals surface area (Å²) >= 11 is 0. The first-order valence-corrected chi connectivity index (χ1v) is 8.06. The summed E-state index contributed by atoms with van der Waals surface area (Å²) in [5.41, 5.74) is 1.79. The van der Waals surface area contributed by atoms with Crippen LogP contribution < -0.4 is 0 Å². The minimum atomic E-state index is -1.30. The Bertz CT molecular complexity index is 923. The number of rotatable bonds is 0. The Morgan fingerprint density at radius 1 is 0.458 bits per heavy atom. The molecule has 0 amide bonds. The Balaban J connectivity index is 1.81. The summed E-state index contributed by atoms with van der Waals surface area (Å²) in [5, 5.41) is 3.76. The van der Waals surface area contributed by atoms with Crippen LogP contribution in [0.2, 0.25) is 0 Å². The summed E-state index contributed by atoms with van der Waals surface area (Å²) < 4.78 is 30.5. The number of alkyl halides is 2. The van der Waals surface area contributed by atoms with Gasteiger partial charge in [0.15, 0.2) is 12.3 Å². The second kappa shape index (κ2) is 4.88. The highest BCUT2D eigenvalue weighted by Gasteiger charge is 2.33. The molecule has 0 N–H and O–H groups in total. The van der Waals surface area contributed by atoms with Crippen molar-refractivity contribution in [3.8, 4) is 0 Å². The molecule has 0 aromatic heterocycles. The van der Waals surface area contributed by atoms with Gasteiger partial charge in [0.05, 0.1) is 0 Å². The maximum absolute atomic E-state index is 15.2. The molecule has 0 bridgehead atoms. The number of hydrogen-bond acceptors (Lipinski definition) is 0. The maximum Gasteiger partial charge on any atom is 0.151 e. The lowest BCUT2D eigenvalue weighted by molar-refractivity contribution is 0.339. The molecule has 1 aliphatic carbocycles. The van der Waals surface area contributed by atoms with Crippen molar-refractivity contribution in [1.82, 2.24) is 0 Å². The average Bonchev–Trinajstić information content (AvgIpc) is 2.64. The minimum Gasteiger partial charge on any atom is -0.237 e. The standard InChI is InChI=1S/C22H14F2/c23-21-17-9-13-5-1-2-6-14(13)10-18(17)22(24)20-12-16-8-4-3-7-15(16)11-19(20)21/h1-12,21-22H. The van der Waals surface area contributed by atoms with Gasteiger partial charge in [-0.3, -0.25) is 0 Å². The van der Waals surface area contributed by atoms with Gasteiger partial charge in [0.2, 0.25) is 0 Å². The van der Waals surface area contributed by atoms with Crippen LogP contribution in [-0.4, -0.2) is 0 Å². The molecule has 0 radical (unpaired) electrons. The van der Waals surface area contributed by atoms with Crippen molar-refractivity contribution in [1.29, 1.82) is 0 Å². The van der Waals surface area contributed by atoms with Crippen LogP contribution in [0.3, 0.4) is 0 Å². The van der Waals surface area contributed by atoms with E-state index in [0.717, 1.165) is 21.5 Å². The van der Waals surface area contributed by atoms with Crippen LogP contribution in [0.25, 0.3) is 21.5 Å². The molecule has 4 aromatic carbocycles. The second-order valence-corrected chi connectivity index (χ2v) is 6.38. The van der Waals surface area contributed by atoms with E-state index in [2.05, 4.69) is 0 Å². The van der Waals surface area contributed by atoms with Gasteiger partial charge in [-0.1, -0.05) is 48.5 Å². The molecule has 0 nitrogen and oxygen atoms in total. The first-order valence-electron chi connectivity index (χ1n) is 8.06. The van der Waals surface area contributed by atoms with E-state index in [1.165, 1.54) is 0 Å². The summed E-state index contributed by atoms with van der Waals surface area (Å²) in [4.78, 5) is 0. The zero-order valence-corrected chi connectivity index (χ0v) is 12.8. The molecular formula is C22H14F2. The summed E-state index contributed by atoms with van der Waals surface area (Å²) in [6, 6.07) is 22.6. The Hall–Kier alpha value is -2.74. The van der Waals surface area contributed by atoms with Crippen molar-refractivity contribution >= 4 is 21.5 Å². The van der Waals surface area contributed by atoms with E-state index in [1.807, 2.05) is 48.5 Å². The highest BCUT2D eigenvalue weighted by atomic mass is 19.1. The Morgan fingerprint density at radius 3 is 0.958 bits per heavy atom. The monoisotopic (exact) mass is 316 g/mol. The molecule has 0 unspecified atom stereocenters. The second-order valence-electron chi connectivity index (χ2n) is 6.38. The number of hydrogen-bond donors (Lipinski definition) is 0. The van der Waals surface area contributed by atoms with Gasteiger partial charge in [0, 0.05) is 0 Å². The lowest BCUT2D eigenvalue weighted by atomic mass is 9.81. The van der Waals surface area contributed by atoms with Crippen molar-refractivity contribution in [3.63, 3.8) is 0 Å². The third-order valence-corrected chi connectivity index (χ3v) is 4.99. The van der Waals surface area contributed by atoms with E-state index in [-0.39, 0.29) is 0 Å². The smallest absolute Gasteiger partial charge is 0.151 e. The number of benzene rings is 4. The van der Waals surface area contributed by atoms with Crippen LogP contribution in [0, 0.1) is 0 Å². The number of fused-ring (bicyclic) bond motifs is 4. The van der Waals surface area contributed by atoms with E-state index in [9.17, 15) is 0 Å². The van der Waals surface area contributed by atoms with E-state index < -0.39 is 12.3 Å². The molecule has 4 aromatic rings. The van der Waals surface area contributed by atoms with Gasteiger partial charge in [-0.25, -0.2) is 8.78 Å². The normalized spacial score (nSPS) is 19.2. The van der Waals surface area contributed by atoms with Gasteiger partial charge in [-0.05, 0) is 68.1 Å². The van der Waals surface area contributed by atoms with Gasteiger partial charge in [0.25, 0.3) is 0 Å². The molecular weight excluding hydrogens is 302 g/mol. The van der Waals surface area contributed by atoms with Gasteiger partial charge < -0.3 is 0 Å². The van der Waals surface area contributed by atoms with Crippen molar-refractivity contribution in [2.75, 3.05) is 0 Å². The summed E-state index contributed by atoms with van der Waals surface area (Å²) in [6.45, 7) is 0. The fourth-order valence-corrected chi connectivity index (χ4v) is 3.76. The van der Waals surface area contributed by atoms with Gasteiger partial charge in [-0.2, -0.15) is 0 Å². The van der Waals surface area contributed by atoms with Crippen LogP contribution in [-0.2, 0) is 0 Å². The first kappa shape index (κ1) is 13.7. The predicted octanol–water partition coefficient (Wildman–Crippen LogP) is 6.42. The topological polar surface area (TPSA) is 0 Å². The summed E-state index contributed by atoms with van der Waals surface area (Å²) in [7, 11) is 0. The third-order valence-electron chi connectivity index (χ3n) is 4.99. The quantitative estimate of drug-likeness (QED) is 0.351. The highest BCUT2D eigenvalue weighted by molar-refractivity contribution is 5.87. The molecule has 0 fully saturated rings. The van der Waals surface area contributed by atoms with Crippen LogP contribution in [0.5, 0.6) is 0 Å². The predicted molar refractivity (Wildman–Crippen MR) is 93.8 cm³/mol. The average molecular weight is 316 g/mol. The lowest BCUT2D eigenvalue weighted by Gasteiger charge is -2.27. The van der Waals surface area contributed by atoms with Crippen molar-refractivity contribution < 1.29 is 8.78 Å². The zero-order valence-electron chi connectivity index (χ0n) is 12.8. The summed E-state index contributed by atoms with van der Waals surface area (Å²) in [6.07, 6.45) is -2.59. The largest absolute Gasteiger partial charge is 0.237 e. The molecule has 2 heteroatoms. The van der Waals surface area contributed by atoms with E-state index >= 15 is 8.78 Å². The van der Waals surface area contributed by atoms with Crippen LogP contribution in [0.1, 0.15) is 34.6 Å². The number of halogens is 2. The molecule has 0 saturated heterocycles. The Kier molecular flexibility index (Phi) is 2.78. The zero-order chi connectivity index (χ0) is 16.3. The van der Waals surface area contributed by atoms with E-state index in [4.69, 9.17) is 0 Å². The fraction of sp³-hybridized carbons (Fsp3) is 0.0909. The lowest BCUT2D eigenvalue weighted by Crippen LogP contribution is -2.13. The van der Waals surface area contributed by atoms with E-state index in [1.54, 1.807) is 24.3 Å². The molecule has 116 valence electrons. The minimum absolute atomic E-state index is 0.448. The molecule has 0 atom stereocenters. The molecule has 1 aliphatic rings. The Labute approximate surface area is 138 Å². The van der Waals surface area contributed by atoms with Crippen molar-refractivity contribution in [2.24, 2.45) is 0 Å². The molecule has 0 aliphatic heterocycles. The van der Waals surface area contributed by atoms with Crippen LogP contribution in [0.15, 0.2) is 72.8 Å². The molecule has 0 spiro atoms. The van der Waals surface area contributed by atoms with Gasteiger partial charge in [0.1, 0.15) is 0 Å². The summed E-state index contributed by atoms with van der Waals surface area (Å²) in [5.74, 6) is 0. The van der Waals surface area contributed by atoms with Crippen LogP contribution >= 0.6 is 0 Å². The first-order chi connectivity index (χ1) is 11.7. The maximum atomic E-state index is 15.2. The molecule has 5 rings (SSSR count). The van der Waals surface area contributed by atoms with Crippen molar-refractivity contribution in [2.45, 2.75) is 12.3 Å². The molecule has 0 saturated carbocycles. The van der Waals surface area contributed by atoms with Gasteiger partial charge >= 0.3 is 0 Å². The van der Waals surface area contributed by atoms with E-state index in [0.29, 0.717) is 22.3 Å². The van der Waals surface area contributed by atoms with Crippen molar-refractivity contribution in [3.05, 3.63) is 95.1 Å². The molecule has 24 heavy (non-hydrogen) atoms. The third kappa shape index (κ3) is 1.83. The fourth-order valence-electron chi connectivity index (χ4n) is 3.76.